The van der Waals surface area contributed by atoms with Crippen LogP contribution in [0.5, 0.6) is 0 Å². The summed E-state index contributed by atoms with van der Waals surface area (Å²) in [6.45, 7) is 3.79. The van der Waals surface area contributed by atoms with E-state index < -0.39 is 49.5 Å². The van der Waals surface area contributed by atoms with Crippen LogP contribution in [-0.4, -0.2) is 87.5 Å². The zero-order valence-electron chi connectivity index (χ0n) is 48.4. The van der Waals surface area contributed by atoms with Crippen molar-refractivity contribution in [2.75, 3.05) is 13.2 Å². The van der Waals surface area contributed by atoms with E-state index in [-0.39, 0.29) is 12.5 Å². The lowest BCUT2D eigenvalue weighted by atomic mass is 9.99. The molecule has 9 heteroatoms. The van der Waals surface area contributed by atoms with Crippen LogP contribution in [0.2, 0.25) is 0 Å². The molecular weight excluding hydrogens is 923 g/mol. The number of carbonyl (C=O) groups excluding carboxylic acids is 1. The quantitative estimate of drug-likeness (QED) is 0.0261. The Balaban J connectivity index is 2.21. The van der Waals surface area contributed by atoms with Gasteiger partial charge in [0.25, 0.3) is 0 Å². The second-order valence-electron chi connectivity index (χ2n) is 22.2. The van der Waals surface area contributed by atoms with Gasteiger partial charge >= 0.3 is 0 Å². The van der Waals surface area contributed by atoms with Gasteiger partial charge in [0, 0.05) is 6.42 Å². The molecule has 1 fully saturated rings. The predicted octanol–water partition coefficient (Wildman–Crippen LogP) is 16.5. The van der Waals surface area contributed by atoms with Crippen LogP contribution in [0.4, 0.5) is 0 Å². The van der Waals surface area contributed by atoms with Crippen LogP contribution >= 0.6 is 0 Å². The summed E-state index contributed by atoms with van der Waals surface area (Å²) in [6.07, 6.45) is 66.3. The molecule has 7 unspecified atom stereocenters. The number of ether oxygens (including phenoxy) is 2. The molecule has 0 aromatic heterocycles. The monoisotopic (exact) mass is 1040 g/mol. The Bertz CT molecular complexity index is 1300. The summed E-state index contributed by atoms with van der Waals surface area (Å²) in [7, 11) is 0. The minimum Gasteiger partial charge on any atom is -0.394 e. The summed E-state index contributed by atoms with van der Waals surface area (Å²) in [5.74, 6) is -0.190. The molecule has 1 saturated heterocycles. The zero-order chi connectivity index (χ0) is 53.6. The maximum atomic E-state index is 13.1. The lowest BCUT2D eigenvalue weighted by Crippen LogP contribution is -2.60. The van der Waals surface area contributed by atoms with E-state index in [1.54, 1.807) is 6.08 Å². The summed E-state index contributed by atoms with van der Waals surface area (Å²) >= 11 is 0. The van der Waals surface area contributed by atoms with Crippen molar-refractivity contribution in [3.63, 3.8) is 0 Å². The first-order chi connectivity index (χ1) is 36.3. The van der Waals surface area contributed by atoms with Crippen molar-refractivity contribution in [1.29, 1.82) is 0 Å². The number of hydrogen-bond donors (Lipinski definition) is 6. The zero-order valence-corrected chi connectivity index (χ0v) is 48.4. The SMILES string of the molecule is CCCCCCCCCC/C=C\CCCCCCCCCCCC(=O)NC(COC1OC(CO)C(O)C(O)C1O)C(O)/C=C/CC/C=C/CC/C=C/CCCCCCCCCCCCCCCCCCCCCC. The summed E-state index contributed by atoms with van der Waals surface area (Å²) in [5, 5.41) is 54.6. The molecule has 1 aliphatic heterocycles. The normalized spacial score (nSPS) is 19.3. The fourth-order valence-electron chi connectivity index (χ4n) is 10.1. The van der Waals surface area contributed by atoms with Crippen molar-refractivity contribution < 1.29 is 39.8 Å². The van der Waals surface area contributed by atoms with Crippen LogP contribution in [0.3, 0.4) is 0 Å². The molecule has 0 radical (unpaired) electrons. The molecule has 0 aliphatic carbocycles. The second-order valence-corrected chi connectivity index (χ2v) is 22.2. The van der Waals surface area contributed by atoms with E-state index in [1.165, 1.54) is 238 Å². The van der Waals surface area contributed by atoms with Gasteiger partial charge in [0.2, 0.25) is 5.91 Å². The van der Waals surface area contributed by atoms with Crippen molar-refractivity contribution in [3.05, 3.63) is 48.6 Å². The van der Waals surface area contributed by atoms with Gasteiger partial charge in [0.05, 0.1) is 25.4 Å². The number of unbranched alkanes of at least 4 members (excludes halogenated alkanes) is 39. The number of aliphatic hydroxyl groups is 5. The maximum absolute atomic E-state index is 13.1. The molecule has 1 amide bonds. The average molecular weight is 1040 g/mol. The highest BCUT2D eigenvalue weighted by molar-refractivity contribution is 5.76. The average Bonchev–Trinajstić information content (AvgIpc) is 3.40. The first kappa shape index (κ1) is 70.2. The molecule has 0 aromatic rings. The molecule has 0 spiro atoms. The highest BCUT2D eigenvalue weighted by atomic mass is 16.7. The number of rotatable bonds is 55. The van der Waals surface area contributed by atoms with Gasteiger partial charge in [-0.2, -0.15) is 0 Å². The Hall–Kier alpha value is -1.85. The van der Waals surface area contributed by atoms with Crippen molar-refractivity contribution in [3.8, 4) is 0 Å². The van der Waals surface area contributed by atoms with Crippen LogP contribution < -0.4 is 5.32 Å². The lowest BCUT2D eigenvalue weighted by Gasteiger charge is -2.40. The van der Waals surface area contributed by atoms with E-state index in [2.05, 4.69) is 55.6 Å². The molecular formula is C65H121NO8. The molecule has 0 aromatic carbocycles. The number of amides is 1. The minimum absolute atomic E-state index is 0.190. The van der Waals surface area contributed by atoms with Gasteiger partial charge in [-0.15, -0.1) is 0 Å². The van der Waals surface area contributed by atoms with Crippen molar-refractivity contribution >= 4 is 5.91 Å². The minimum atomic E-state index is -1.58. The van der Waals surface area contributed by atoms with Gasteiger partial charge in [0.15, 0.2) is 6.29 Å². The van der Waals surface area contributed by atoms with Crippen LogP contribution in [0.1, 0.15) is 303 Å². The Kier molecular flexibility index (Phi) is 51.7. The Morgan fingerprint density at radius 3 is 1.14 bits per heavy atom. The summed E-state index contributed by atoms with van der Waals surface area (Å²) in [4.78, 5) is 13.1. The third-order valence-corrected chi connectivity index (χ3v) is 15.1. The number of carbonyl (C=O) groups is 1. The molecule has 1 aliphatic rings. The van der Waals surface area contributed by atoms with Crippen molar-refractivity contribution in [2.45, 2.75) is 346 Å². The third-order valence-electron chi connectivity index (χ3n) is 15.1. The smallest absolute Gasteiger partial charge is 0.220 e. The summed E-state index contributed by atoms with van der Waals surface area (Å²) in [5.41, 5.74) is 0. The van der Waals surface area contributed by atoms with Gasteiger partial charge in [-0.1, -0.05) is 274 Å². The molecule has 7 atom stereocenters. The topological polar surface area (TPSA) is 149 Å². The highest BCUT2D eigenvalue weighted by Gasteiger charge is 2.44. The summed E-state index contributed by atoms with van der Waals surface area (Å²) in [6, 6.07) is -0.831. The molecule has 0 saturated carbocycles. The van der Waals surface area contributed by atoms with E-state index in [0.29, 0.717) is 6.42 Å². The van der Waals surface area contributed by atoms with E-state index >= 15 is 0 Å². The fourth-order valence-corrected chi connectivity index (χ4v) is 10.1. The first-order valence-electron chi connectivity index (χ1n) is 31.9. The first-order valence-corrected chi connectivity index (χ1v) is 31.9. The van der Waals surface area contributed by atoms with E-state index in [4.69, 9.17) is 9.47 Å². The van der Waals surface area contributed by atoms with E-state index in [1.807, 2.05) is 6.08 Å². The van der Waals surface area contributed by atoms with Crippen LogP contribution in [-0.2, 0) is 14.3 Å². The Labute approximate surface area is 456 Å². The number of nitrogens with one attached hydrogen (secondary N) is 1. The number of aliphatic hydroxyl groups excluding tert-OH is 5. The van der Waals surface area contributed by atoms with Crippen LogP contribution in [0.25, 0.3) is 0 Å². The lowest BCUT2D eigenvalue weighted by molar-refractivity contribution is -0.302. The largest absolute Gasteiger partial charge is 0.394 e. The Morgan fingerprint density at radius 2 is 0.770 bits per heavy atom. The third kappa shape index (κ3) is 43.2. The highest BCUT2D eigenvalue weighted by Crippen LogP contribution is 2.23. The van der Waals surface area contributed by atoms with Gasteiger partial charge in [-0.05, 0) is 70.6 Å². The number of allylic oxidation sites excluding steroid dienone is 7. The van der Waals surface area contributed by atoms with Gasteiger partial charge in [0.1, 0.15) is 24.4 Å². The van der Waals surface area contributed by atoms with Crippen LogP contribution in [0.15, 0.2) is 48.6 Å². The van der Waals surface area contributed by atoms with Gasteiger partial charge in [-0.3, -0.25) is 4.79 Å². The molecule has 74 heavy (non-hydrogen) atoms. The second kappa shape index (κ2) is 54.5. The van der Waals surface area contributed by atoms with E-state index in [0.717, 1.165) is 44.9 Å². The van der Waals surface area contributed by atoms with Gasteiger partial charge < -0.3 is 40.3 Å². The molecule has 1 rings (SSSR count). The van der Waals surface area contributed by atoms with Gasteiger partial charge in [-0.25, -0.2) is 0 Å². The predicted molar refractivity (Wildman–Crippen MR) is 313 cm³/mol. The van der Waals surface area contributed by atoms with Crippen molar-refractivity contribution in [1.82, 2.24) is 5.32 Å². The molecule has 1 heterocycles. The van der Waals surface area contributed by atoms with E-state index in [9.17, 15) is 30.3 Å². The molecule has 434 valence electrons. The fraction of sp³-hybridized carbons (Fsp3) is 0.862. The molecule has 6 N–H and O–H groups in total. The molecule has 9 nitrogen and oxygen atoms in total. The number of hydrogen-bond acceptors (Lipinski definition) is 8. The maximum Gasteiger partial charge on any atom is 0.220 e. The standard InChI is InChI=1S/C65H121NO8/c1-3-5-7-9-11-13-15-17-19-21-23-25-26-27-28-29-30-31-32-33-35-36-38-40-42-44-46-48-50-52-54-59(68)58(57-73-65-64(72)63(71)62(70)60(56-67)74-65)66-61(69)55-53-51-49-47-45-43-41-39-37-34-24-22-20-18-16-14-12-10-8-6-4-2/h22,24,36,38,44,46,52,54,58-60,62-65,67-68,70-72H,3-21,23,25-35,37,39-43,45,47-51,53,55-57H2,1-2H3,(H,66,69)/b24-22-,38-36+,46-44+,54-52+. The molecule has 0 bridgehead atoms. The summed E-state index contributed by atoms with van der Waals surface area (Å²) < 4.78 is 11.3. The van der Waals surface area contributed by atoms with Crippen molar-refractivity contribution in [2.24, 2.45) is 0 Å². The Morgan fingerprint density at radius 1 is 0.446 bits per heavy atom. The van der Waals surface area contributed by atoms with Crippen LogP contribution in [0, 0.1) is 0 Å².